The van der Waals surface area contributed by atoms with Gasteiger partial charge in [-0.2, -0.15) is 0 Å². The summed E-state index contributed by atoms with van der Waals surface area (Å²) in [6.45, 7) is 1.93. The minimum atomic E-state index is -0.570. The van der Waals surface area contributed by atoms with E-state index < -0.39 is 5.91 Å². The van der Waals surface area contributed by atoms with Crippen LogP contribution < -0.4 is 10.5 Å². The van der Waals surface area contributed by atoms with Gasteiger partial charge in [-0.15, -0.1) is 0 Å². The fourth-order valence-electron chi connectivity index (χ4n) is 3.98. The van der Waals surface area contributed by atoms with Crippen LogP contribution in [0.2, 0.25) is 0 Å². The van der Waals surface area contributed by atoms with Crippen molar-refractivity contribution in [3.63, 3.8) is 0 Å². The maximum absolute atomic E-state index is 13.1. The average molecular weight is 476 g/mol. The van der Waals surface area contributed by atoms with Gasteiger partial charge in [-0.1, -0.05) is 36.4 Å². The Bertz CT molecular complexity index is 1220. The fraction of sp³-hybridized carbons (Fsp3) is 0.222. The number of rotatable bonds is 7. The predicted octanol–water partition coefficient (Wildman–Crippen LogP) is 3.03. The fourth-order valence-corrected chi connectivity index (χ4v) is 3.98. The van der Waals surface area contributed by atoms with Gasteiger partial charge >= 0.3 is 0 Å². The molecule has 180 valence electrons. The van der Waals surface area contributed by atoms with E-state index >= 15 is 0 Å². The maximum atomic E-state index is 13.1. The summed E-state index contributed by atoms with van der Waals surface area (Å²) in [7, 11) is 0. The Hall–Kier alpha value is -4.20. The molecule has 0 unspecified atom stereocenters. The second-order valence-corrected chi connectivity index (χ2v) is 8.33. The highest BCUT2D eigenvalue weighted by Crippen LogP contribution is 2.20. The molecule has 1 saturated heterocycles. The van der Waals surface area contributed by atoms with E-state index in [0.717, 1.165) is 11.1 Å². The number of carbonyl (C=O) groups excluding carboxylic acids is 3. The monoisotopic (exact) mass is 475 g/mol. The molecular formula is C27H26FN3O4. The third-order valence-corrected chi connectivity index (χ3v) is 5.91. The molecule has 8 heteroatoms. The molecule has 0 radical (unpaired) electrons. The van der Waals surface area contributed by atoms with Crippen molar-refractivity contribution in [3.05, 3.63) is 101 Å². The molecule has 1 fully saturated rings. The highest BCUT2D eigenvalue weighted by atomic mass is 19.1. The second-order valence-electron chi connectivity index (χ2n) is 8.33. The Balaban J connectivity index is 1.32. The number of benzene rings is 3. The van der Waals surface area contributed by atoms with Crippen LogP contribution in [0.1, 0.15) is 31.8 Å². The van der Waals surface area contributed by atoms with Gasteiger partial charge in [0.1, 0.15) is 18.2 Å². The Morgan fingerprint density at radius 2 is 1.51 bits per heavy atom. The molecule has 7 nitrogen and oxygen atoms in total. The van der Waals surface area contributed by atoms with Gasteiger partial charge in [-0.25, -0.2) is 4.39 Å². The van der Waals surface area contributed by atoms with Crippen LogP contribution in [-0.2, 0) is 17.8 Å². The van der Waals surface area contributed by atoms with Crippen molar-refractivity contribution in [1.82, 2.24) is 9.80 Å². The minimum absolute atomic E-state index is 0.0425. The highest BCUT2D eigenvalue weighted by Gasteiger charge is 2.25. The topological polar surface area (TPSA) is 92.9 Å². The zero-order valence-electron chi connectivity index (χ0n) is 19.2. The van der Waals surface area contributed by atoms with Crippen molar-refractivity contribution in [3.8, 4) is 5.75 Å². The Kier molecular flexibility index (Phi) is 7.40. The normalized spacial score (nSPS) is 13.4. The lowest BCUT2D eigenvalue weighted by Gasteiger charge is -2.35. The first-order chi connectivity index (χ1) is 16.9. The van der Waals surface area contributed by atoms with Gasteiger partial charge in [0.05, 0.1) is 12.0 Å². The van der Waals surface area contributed by atoms with E-state index in [1.165, 1.54) is 12.1 Å². The number of nitrogens with two attached hydrogens (primary N) is 1. The average Bonchev–Trinajstić information content (AvgIpc) is 2.88. The van der Waals surface area contributed by atoms with Crippen LogP contribution in [-0.4, -0.2) is 53.7 Å². The number of ether oxygens (including phenoxy) is 1. The molecule has 0 aliphatic carbocycles. The summed E-state index contributed by atoms with van der Waals surface area (Å²) in [5, 5.41) is 0. The first-order valence-electron chi connectivity index (χ1n) is 11.3. The molecule has 0 spiro atoms. The Morgan fingerprint density at radius 3 is 2.23 bits per heavy atom. The van der Waals surface area contributed by atoms with Gasteiger partial charge in [0.2, 0.25) is 5.91 Å². The van der Waals surface area contributed by atoms with Gasteiger partial charge in [-0.3, -0.25) is 14.4 Å². The smallest absolute Gasteiger partial charge is 0.253 e. The molecule has 0 atom stereocenters. The summed E-state index contributed by atoms with van der Waals surface area (Å²) in [4.78, 5) is 40.7. The largest absolute Gasteiger partial charge is 0.488 e. The van der Waals surface area contributed by atoms with Crippen LogP contribution in [0.3, 0.4) is 0 Å². The molecule has 1 heterocycles. The molecule has 0 saturated carbocycles. The van der Waals surface area contributed by atoms with Crippen molar-refractivity contribution in [2.24, 2.45) is 5.73 Å². The summed E-state index contributed by atoms with van der Waals surface area (Å²) in [5.41, 5.74) is 7.76. The predicted molar refractivity (Wildman–Crippen MR) is 128 cm³/mol. The van der Waals surface area contributed by atoms with Gasteiger partial charge in [0.15, 0.2) is 0 Å². The lowest BCUT2D eigenvalue weighted by atomic mass is 10.1. The number of halogens is 1. The Labute approximate surface area is 202 Å². The summed E-state index contributed by atoms with van der Waals surface area (Å²) in [6.07, 6.45) is 0.204. The number of primary amides is 1. The van der Waals surface area contributed by atoms with E-state index in [1.807, 2.05) is 6.07 Å². The zero-order chi connectivity index (χ0) is 24.8. The third kappa shape index (κ3) is 6.03. The molecule has 3 aromatic rings. The van der Waals surface area contributed by atoms with Gasteiger partial charge in [0.25, 0.3) is 11.8 Å². The van der Waals surface area contributed by atoms with Crippen LogP contribution in [0.15, 0.2) is 72.8 Å². The standard InChI is InChI=1S/C27H26FN3O4/c28-22-10-8-19(9-11-22)17-25(32)30-12-14-31(15-13-30)27(34)21-5-3-4-20(16-21)18-35-24-7-2-1-6-23(24)26(29)33/h1-11,16H,12-15,17-18H2,(H2,29,33). The molecule has 1 aliphatic rings. The molecular weight excluding hydrogens is 449 g/mol. The molecule has 3 aromatic carbocycles. The summed E-state index contributed by atoms with van der Waals surface area (Å²) in [5.74, 6) is -0.675. The van der Waals surface area contributed by atoms with Crippen molar-refractivity contribution in [2.45, 2.75) is 13.0 Å². The molecule has 35 heavy (non-hydrogen) atoms. The number of amides is 3. The molecule has 4 rings (SSSR count). The van der Waals surface area contributed by atoms with Crippen molar-refractivity contribution >= 4 is 17.7 Å². The summed E-state index contributed by atoms with van der Waals surface area (Å²) in [6, 6.07) is 19.8. The number of nitrogens with zero attached hydrogens (tertiary/aromatic N) is 2. The van der Waals surface area contributed by atoms with E-state index in [0.29, 0.717) is 43.1 Å². The van der Waals surface area contributed by atoms with E-state index in [1.54, 1.807) is 64.4 Å². The zero-order valence-corrected chi connectivity index (χ0v) is 19.2. The van der Waals surface area contributed by atoms with E-state index in [2.05, 4.69) is 0 Å². The number of hydrogen-bond donors (Lipinski definition) is 1. The van der Waals surface area contributed by atoms with Crippen LogP contribution in [0, 0.1) is 5.82 Å². The van der Waals surface area contributed by atoms with Crippen LogP contribution in [0.4, 0.5) is 4.39 Å². The lowest BCUT2D eigenvalue weighted by Crippen LogP contribution is -2.51. The SMILES string of the molecule is NC(=O)c1ccccc1OCc1cccc(C(=O)N2CCN(C(=O)Cc3ccc(F)cc3)CC2)c1. The van der Waals surface area contributed by atoms with E-state index in [-0.39, 0.29) is 30.7 Å². The van der Waals surface area contributed by atoms with Crippen LogP contribution in [0.25, 0.3) is 0 Å². The van der Waals surface area contributed by atoms with Crippen LogP contribution >= 0.6 is 0 Å². The molecule has 1 aliphatic heterocycles. The number of carbonyl (C=O) groups is 3. The summed E-state index contributed by atoms with van der Waals surface area (Å²) < 4.78 is 18.8. The van der Waals surface area contributed by atoms with Gasteiger partial charge in [-0.05, 0) is 47.5 Å². The number of para-hydroxylation sites is 1. The molecule has 0 bridgehead atoms. The molecule has 0 aromatic heterocycles. The number of piperazine rings is 1. The molecule has 2 N–H and O–H groups in total. The minimum Gasteiger partial charge on any atom is -0.488 e. The number of hydrogen-bond acceptors (Lipinski definition) is 4. The van der Waals surface area contributed by atoms with Crippen molar-refractivity contribution < 1.29 is 23.5 Å². The van der Waals surface area contributed by atoms with Gasteiger partial charge in [0, 0.05) is 31.7 Å². The van der Waals surface area contributed by atoms with Crippen LogP contribution in [0.5, 0.6) is 5.75 Å². The van der Waals surface area contributed by atoms with Crippen molar-refractivity contribution in [2.75, 3.05) is 26.2 Å². The quantitative estimate of drug-likeness (QED) is 0.569. The highest BCUT2D eigenvalue weighted by molar-refractivity contribution is 5.95. The summed E-state index contributed by atoms with van der Waals surface area (Å²) >= 11 is 0. The van der Waals surface area contributed by atoms with Gasteiger partial charge < -0.3 is 20.3 Å². The van der Waals surface area contributed by atoms with Crippen molar-refractivity contribution in [1.29, 1.82) is 0 Å². The van der Waals surface area contributed by atoms with E-state index in [9.17, 15) is 18.8 Å². The Morgan fingerprint density at radius 1 is 0.829 bits per heavy atom. The first-order valence-corrected chi connectivity index (χ1v) is 11.3. The molecule has 3 amide bonds. The first kappa shape index (κ1) is 23.9. The second kappa shape index (κ2) is 10.8. The lowest BCUT2D eigenvalue weighted by molar-refractivity contribution is -0.131. The maximum Gasteiger partial charge on any atom is 0.253 e. The third-order valence-electron chi connectivity index (χ3n) is 5.91. The van der Waals surface area contributed by atoms with E-state index in [4.69, 9.17) is 10.5 Å².